The van der Waals surface area contributed by atoms with Crippen LogP contribution in [0.3, 0.4) is 0 Å². The molecule has 0 aliphatic carbocycles. The van der Waals surface area contributed by atoms with Crippen LogP contribution in [0.1, 0.15) is 19.3 Å². The van der Waals surface area contributed by atoms with Crippen molar-refractivity contribution in [1.82, 2.24) is 0 Å². The van der Waals surface area contributed by atoms with Gasteiger partial charge in [-0.15, -0.1) is 0 Å². The SMILES string of the molecule is O=C(O)[C@H]1O[C@H](O[C@@H]2C[C@](O[C@@H]3C[C@](O)(C(=O)O)O[C@H]([C@H](O)CO)[C@@H]3O[C@H]3O[C@H](CO[C@H]4O[C@H](CO[C@]5(C(=O)O)C[C@@H](O)[C@@H](O)[C@@H]([C@H](O)CO)O5)[C@H](O)[C@H](O)[C@H]4O)[C@@H](O[C@H]4O[C@H](C(=O)O)[C@H](O)[C@H](O)[C@H]4O)[C@H](O)[C@@H]3O)(C(=O)O)O[C@H]([C@H](O)CO)[C@@H]2O[C@H]2O[C@H](C(=O)O)[C@H](O)[C@H](O)[C@H]2O)[C@H](O)[C@@H](O)[C@H]1O. The minimum Gasteiger partial charge on any atom is -0.479 e. The lowest BCUT2D eigenvalue weighted by Gasteiger charge is -2.53. The van der Waals surface area contributed by atoms with Gasteiger partial charge in [0.1, 0.15) is 159 Å². The molecule has 8 aliphatic heterocycles. The van der Waals surface area contributed by atoms with Gasteiger partial charge in [0.15, 0.2) is 49.8 Å². The van der Waals surface area contributed by atoms with Crippen LogP contribution in [-0.4, -0.2) is 461 Å². The van der Waals surface area contributed by atoms with E-state index in [1.807, 2.05) is 0 Å². The lowest BCUT2D eigenvalue weighted by Crippen LogP contribution is -2.71. The summed E-state index contributed by atoms with van der Waals surface area (Å²) in [5, 5.41) is 312. The van der Waals surface area contributed by atoms with Gasteiger partial charge >= 0.3 is 35.8 Å². The van der Waals surface area contributed by atoms with E-state index in [0.29, 0.717) is 0 Å². The molecule has 0 bridgehead atoms. The largest absolute Gasteiger partial charge is 0.479 e. The number of carbonyl (C=O) groups is 6. The molecule has 0 saturated carbocycles. The van der Waals surface area contributed by atoms with Crippen molar-refractivity contribution in [2.24, 2.45) is 0 Å². The Bertz CT molecular complexity index is 2920. The molecule has 8 aliphatic rings. The number of carboxylic acid groups (broad SMARTS) is 6. The second kappa shape index (κ2) is 34.1. The number of ether oxygens (including phenoxy) is 15. The fourth-order valence-electron chi connectivity index (χ4n) is 12.6. The molecule has 8 rings (SSSR count). The summed E-state index contributed by atoms with van der Waals surface area (Å²) in [6, 6.07) is 0. The number of aliphatic hydroxyl groups is 23. The fourth-order valence-corrected chi connectivity index (χ4v) is 12.6. The average molecular weight is 1530 g/mol. The van der Waals surface area contributed by atoms with E-state index in [-0.39, 0.29) is 0 Å². The Morgan fingerprint density at radius 3 is 1.20 bits per heavy atom. The molecule has 0 aromatic carbocycles. The van der Waals surface area contributed by atoms with Crippen molar-refractivity contribution in [2.75, 3.05) is 33.0 Å². The van der Waals surface area contributed by atoms with Crippen molar-refractivity contribution < 1.29 is 248 Å². The van der Waals surface area contributed by atoms with Crippen LogP contribution in [0, 0.1) is 0 Å². The molecule has 40 atom stereocenters. The zero-order valence-corrected chi connectivity index (χ0v) is 53.1. The van der Waals surface area contributed by atoms with E-state index >= 15 is 0 Å². The van der Waals surface area contributed by atoms with Crippen LogP contribution in [-0.2, 0) is 99.8 Å². The predicted octanol–water partition coefficient (Wildman–Crippen LogP) is -18.6. The van der Waals surface area contributed by atoms with Crippen LogP contribution in [0.25, 0.3) is 0 Å². The van der Waals surface area contributed by atoms with Gasteiger partial charge in [-0.1, -0.05) is 0 Å². The van der Waals surface area contributed by atoms with Crippen LogP contribution in [0.5, 0.6) is 0 Å². The molecule has 0 aromatic heterocycles. The van der Waals surface area contributed by atoms with E-state index in [9.17, 15) is 177 Å². The normalized spacial score (nSPS) is 48.3. The van der Waals surface area contributed by atoms with Gasteiger partial charge in [-0.3, -0.25) is 0 Å². The number of aliphatic carboxylic acids is 6. The molecule has 8 fully saturated rings. The molecule has 598 valence electrons. The maximum absolute atomic E-state index is 14.1. The summed E-state index contributed by atoms with van der Waals surface area (Å²) in [5.74, 6) is -23.9. The molecule has 50 heteroatoms. The summed E-state index contributed by atoms with van der Waals surface area (Å²) in [7, 11) is 0. The highest BCUT2D eigenvalue weighted by atomic mass is 16.8. The molecular weight excluding hydrogens is 1450 g/mol. The first-order valence-electron chi connectivity index (χ1n) is 31.3. The summed E-state index contributed by atoms with van der Waals surface area (Å²) < 4.78 is 83.8. The van der Waals surface area contributed by atoms with Gasteiger partial charge in [0.2, 0.25) is 0 Å². The third kappa shape index (κ3) is 17.2. The van der Waals surface area contributed by atoms with Crippen molar-refractivity contribution in [1.29, 1.82) is 0 Å². The summed E-state index contributed by atoms with van der Waals surface area (Å²) in [4.78, 5) is 76.4. The number of hydrogen-bond acceptors (Lipinski definition) is 44. The quantitative estimate of drug-likeness (QED) is 0.0346. The highest BCUT2D eigenvalue weighted by molar-refractivity contribution is 5.77. The average Bonchev–Trinajstić information content (AvgIpc) is 0.740. The smallest absolute Gasteiger partial charge is 0.364 e. The van der Waals surface area contributed by atoms with E-state index in [4.69, 9.17) is 71.1 Å². The molecule has 0 unspecified atom stereocenters. The monoisotopic (exact) mass is 1530 g/mol. The lowest BCUT2D eigenvalue weighted by atomic mass is 9.89. The van der Waals surface area contributed by atoms with Gasteiger partial charge in [-0.2, -0.15) is 0 Å². The van der Waals surface area contributed by atoms with E-state index in [1.165, 1.54) is 0 Å². The molecule has 50 nitrogen and oxygen atoms in total. The molecule has 104 heavy (non-hydrogen) atoms. The summed E-state index contributed by atoms with van der Waals surface area (Å²) >= 11 is 0. The number of carboxylic acids is 6. The Labute approximate surface area is 579 Å². The molecule has 0 radical (unpaired) electrons. The van der Waals surface area contributed by atoms with Crippen molar-refractivity contribution in [3.8, 4) is 0 Å². The topological polar surface area (TPSA) is 828 Å². The molecular formula is C54H82O50. The van der Waals surface area contributed by atoms with Gasteiger partial charge in [-0.05, 0) is 0 Å². The van der Waals surface area contributed by atoms with Crippen molar-refractivity contribution in [3.63, 3.8) is 0 Å². The molecule has 8 saturated heterocycles. The van der Waals surface area contributed by atoms with Crippen LogP contribution in [0.15, 0.2) is 0 Å². The minimum atomic E-state index is -3.87. The Balaban J connectivity index is 1.18. The van der Waals surface area contributed by atoms with Crippen molar-refractivity contribution in [2.45, 2.75) is 263 Å². The number of rotatable bonds is 28. The fraction of sp³-hybridized carbons (Fsp3) is 0.889. The first kappa shape index (κ1) is 84.9. The highest BCUT2D eigenvalue weighted by Gasteiger charge is 2.65. The Kier molecular flexibility index (Phi) is 27.8. The van der Waals surface area contributed by atoms with Crippen LogP contribution < -0.4 is 0 Å². The van der Waals surface area contributed by atoms with Gasteiger partial charge in [0, 0.05) is 19.3 Å². The Morgan fingerprint density at radius 2 is 0.750 bits per heavy atom. The molecule has 0 amide bonds. The van der Waals surface area contributed by atoms with E-state index in [2.05, 4.69) is 0 Å². The number of aliphatic hydroxyl groups excluding tert-OH is 22. The summed E-state index contributed by atoms with van der Waals surface area (Å²) in [5.41, 5.74) is 0. The second-order valence-corrected chi connectivity index (χ2v) is 25.4. The third-order valence-electron chi connectivity index (χ3n) is 18.4. The summed E-state index contributed by atoms with van der Waals surface area (Å²) in [6.07, 6.45) is -97.4. The van der Waals surface area contributed by atoms with E-state index in [1.54, 1.807) is 0 Å². The molecule has 0 aromatic rings. The molecule has 29 N–H and O–H groups in total. The van der Waals surface area contributed by atoms with Gasteiger partial charge < -0.3 is 219 Å². The second-order valence-electron chi connectivity index (χ2n) is 25.4. The van der Waals surface area contributed by atoms with E-state index in [0.717, 1.165) is 0 Å². The zero-order chi connectivity index (χ0) is 77.6. The lowest BCUT2D eigenvalue weighted by molar-refractivity contribution is -0.411. The van der Waals surface area contributed by atoms with Gasteiger partial charge in [0.25, 0.3) is 17.4 Å². The van der Waals surface area contributed by atoms with E-state index < -0.39 is 332 Å². The Hall–Kier alpha value is -4.70. The van der Waals surface area contributed by atoms with Crippen molar-refractivity contribution >= 4 is 35.8 Å². The number of hydrogen-bond donors (Lipinski definition) is 29. The van der Waals surface area contributed by atoms with Crippen LogP contribution >= 0.6 is 0 Å². The standard InChI is InChI=1S/C54H82O50/c55-4-10(59)32-17(62)9(58)1-53(103-32,50(85)86)91-8-15-18(63)19(64)27(72)44(93-15)90-7-16-35(95-47-29(74)21(66)24(69)39(99-47)42(79)80)26(71)31(76)46(94-16)97-37-14(2-52(89,49(83)84)102-33(37)11(60)5-56)101-54(51(87)88)3-13(92-45-28(73)20(65)23(68)38(98-45)41(77)78)36(34(104-54)12(61)6-57)96-48-30(75)22(67)25(70)40(100-48)43(81)82/h9-40,44-48,55-76,89H,1-8H2,(H,77,78)(H,79,80)(H,81,82)(H,83,84)(H,85,86)(H,87,88)/t9-,10-,11-,12-,13-,14-,15-,16-,17-,18+,19+,20+,21+,22+,23-,24-,25-,26-,27-,28-,29-,30-,31+,32-,33-,34-,35-,36-,37-,38+,39+,40+,44+,45+,46-,47+,48+,52-,53-,54-/m1/s1. The first-order valence-corrected chi connectivity index (χ1v) is 31.3. The predicted molar refractivity (Wildman–Crippen MR) is 300 cm³/mol. The zero-order valence-electron chi connectivity index (χ0n) is 53.1. The Morgan fingerprint density at radius 1 is 0.365 bits per heavy atom. The first-order chi connectivity index (χ1) is 48.5. The van der Waals surface area contributed by atoms with Crippen LogP contribution in [0.4, 0.5) is 0 Å². The highest BCUT2D eigenvalue weighted by Crippen LogP contribution is 2.45. The van der Waals surface area contributed by atoms with Crippen LogP contribution in [0.2, 0.25) is 0 Å². The van der Waals surface area contributed by atoms with Gasteiger partial charge in [-0.25, -0.2) is 28.8 Å². The summed E-state index contributed by atoms with van der Waals surface area (Å²) in [6.45, 7) is -7.04. The maximum Gasteiger partial charge on any atom is 0.364 e. The van der Waals surface area contributed by atoms with Gasteiger partial charge in [0.05, 0.1) is 51.3 Å². The third-order valence-corrected chi connectivity index (χ3v) is 18.4. The molecule has 0 spiro atoms. The molecule has 8 heterocycles. The minimum absolute atomic E-state index is 1.14. The van der Waals surface area contributed by atoms with Crippen molar-refractivity contribution in [3.05, 3.63) is 0 Å². The maximum atomic E-state index is 14.1.